The molecular formula is C12H21N3O2. The Morgan fingerprint density at radius 3 is 2.53 bits per heavy atom. The number of hydrogen-bond donors (Lipinski definition) is 3. The number of rotatable bonds is 5. The molecule has 0 spiro atoms. The smallest absolute Gasteiger partial charge is 0.220 e. The summed E-state index contributed by atoms with van der Waals surface area (Å²) in [6.07, 6.45) is 7.47. The Morgan fingerprint density at radius 2 is 2.00 bits per heavy atom. The monoisotopic (exact) mass is 239 g/mol. The Balaban J connectivity index is 1.82. The maximum absolute atomic E-state index is 11.9. The van der Waals surface area contributed by atoms with Gasteiger partial charge in [0.05, 0.1) is 6.04 Å². The maximum atomic E-state index is 11.9. The van der Waals surface area contributed by atoms with Crippen LogP contribution in [0.3, 0.4) is 0 Å². The van der Waals surface area contributed by atoms with Crippen LogP contribution in [0.5, 0.6) is 0 Å². The fraction of sp³-hybridized carbons (Fsp3) is 0.833. The van der Waals surface area contributed by atoms with Crippen LogP contribution in [0.15, 0.2) is 5.16 Å². The molecule has 1 unspecified atom stereocenters. The highest BCUT2D eigenvalue weighted by molar-refractivity contribution is 5.90. The van der Waals surface area contributed by atoms with Crippen molar-refractivity contribution in [3.8, 4) is 0 Å². The molecule has 0 aromatic carbocycles. The Kier molecular flexibility index (Phi) is 3.86. The van der Waals surface area contributed by atoms with Gasteiger partial charge in [-0.3, -0.25) is 4.79 Å². The Morgan fingerprint density at radius 1 is 1.35 bits per heavy atom. The standard InChI is InChI=1S/C12H21N3O2/c13-12(15-17)11(9-5-6-9)14-10(16)7-8-3-1-2-4-8/h8-9,11,17H,1-7H2,(H2,13,15)(H,14,16). The molecule has 2 aliphatic rings. The van der Waals surface area contributed by atoms with E-state index in [-0.39, 0.29) is 17.8 Å². The van der Waals surface area contributed by atoms with Gasteiger partial charge in [-0.25, -0.2) is 0 Å². The molecule has 5 heteroatoms. The molecular weight excluding hydrogens is 218 g/mol. The molecule has 2 rings (SSSR count). The summed E-state index contributed by atoms with van der Waals surface area (Å²) in [7, 11) is 0. The quantitative estimate of drug-likeness (QED) is 0.291. The van der Waals surface area contributed by atoms with Crippen LogP contribution in [0.4, 0.5) is 0 Å². The van der Waals surface area contributed by atoms with Gasteiger partial charge in [0, 0.05) is 6.42 Å². The predicted octanol–water partition coefficient (Wildman–Crippen LogP) is 1.21. The first-order chi connectivity index (χ1) is 8.20. The summed E-state index contributed by atoms with van der Waals surface area (Å²) in [4.78, 5) is 11.9. The summed E-state index contributed by atoms with van der Waals surface area (Å²) in [6, 6.07) is -0.270. The van der Waals surface area contributed by atoms with Crippen LogP contribution >= 0.6 is 0 Å². The van der Waals surface area contributed by atoms with Crippen LogP contribution in [-0.4, -0.2) is 23.0 Å². The van der Waals surface area contributed by atoms with Gasteiger partial charge >= 0.3 is 0 Å². The minimum atomic E-state index is -0.270. The minimum Gasteiger partial charge on any atom is -0.409 e. The van der Waals surface area contributed by atoms with Crippen LogP contribution in [-0.2, 0) is 4.79 Å². The number of nitrogens with one attached hydrogen (secondary N) is 1. The van der Waals surface area contributed by atoms with E-state index in [9.17, 15) is 4.79 Å². The van der Waals surface area contributed by atoms with Gasteiger partial charge in [0.1, 0.15) is 0 Å². The molecule has 17 heavy (non-hydrogen) atoms. The molecule has 0 aromatic rings. The maximum Gasteiger partial charge on any atom is 0.220 e. The molecule has 2 aliphatic carbocycles. The highest BCUT2D eigenvalue weighted by Crippen LogP contribution is 2.33. The lowest BCUT2D eigenvalue weighted by atomic mass is 10.0. The van der Waals surface area contributed by atoms with Gasteiger partial charge in [-0.15, -0.1) is 0 Å². The lowest BCUT2D eigenvalue weighted by molar-refractivity contribution is -0.122. The van der Waals surface area contributed by atoms with Crippen molar-refractivity contribution >= 4 is 11.7 Å². The van der Waals surface area contributed by atoms with E-state index in [1.54, 1.807) is 0 Å². The van der Waals surface area contributed by atoms with E-state index in [4.69, 9.17) is 10.9 Å². The molecule has 2 fully saturated rings. The molecule has 0 aliphatic heterocycles. The van der Waals surface area contributed by atoms with Crippen LogP contribution < -0.4 is 11.1 Å². The minimum absolute atomic E-state index is 0.0420. The summed E-state index contributed by atoms with van der Waals surface area (Å²) in [6.45, 7) is 0. The SMILES string of the molecule is NC(=NO)C(NC(=O)CC1CCCC1)C1CC1. The molecule has 4 N–H and O–H groups in total. The first-order valence-corrected chi connectivity index (χ1v) is 6.47. The number of carbonyl (C=O) groups is 1. The third-order valence-corrected chi connectivity index (χ3v) is 3.79. The van der Waals surface area contributed by atoms with Gasteiger partial charge in [0.2, 0.25) is 5.91 Å². The highest BCUT2D eigenvalue weighted by atomic mass is 16.4. The molecule has 1 amide bonds. The van der Waals surface area contributed by atoms with E-state index in [1.165, 1.54) is 12.8 Å². The fourth-order valence-electron chi connectivity index (χ4n) is 2.63. The zero-order valence-electron chi connectivity index (χ0n) is 10.1. The summed E-state index contributed by atoms with van der Waals surface area (Å²) in [5.74, 6) is 1.06. The Hall–Kier alpha value is -1.26. The second-order valence-electron chi connectivity index (χ2n) is 5.26. The van der Waals surface area contributed by atoms with Crippen LogP contribution in [0.25, 0.3) is 0 Å². The average molecular weight is 239 g/mol. The van der Waals surface area contributed by atoms with E-state index in [0.717, 1.165) is 25.7 Å². The van der Waals surface area contributed by atoms with E-state index in [2.05, 4.69) is 10.5 Å². The van der Waals surface area contributed by atoms with Gasteiger partial charge in [0.25, 0.3) is 0 Å². The second kappa shape index (κ2) is 5.38. The molecule has 0 aromatic heterocycles. The number of nitrogens with zero attached hydrogens (tertiary/aromatic N) is 1. The zero-order chi connectivity index (χ0) is 12.3. The van der Waals surface area contributed by atoms with Gasteiger partial charge in [0.15, 0.2) is 5.84 Å². The molecule has 0 bridgehead atoms. The number of nitrogens with two attached hydrogens (primary N) is 1. The molecule has 1 atom stereocenters. The van der Waals surface area contributed by atoms with Gasteiger partial charge in [-0.05, 0) is 37.5 Å². The number of carbonyl (C=O) groups excluding carboxylic acids is 1. The molecule has 96 valence electrons. The van der Waals surface area contributed by atoms with Gasteiger partial charge in [-0.1, -0.05) is 18.0 Å². The fourth-order valence-corrected chi connectivity index (χ4v) is 2.63. The van der Waals surface area contributed by atoms with E-state index >= 15 is 0 Å². The van der Waals surface area contributed by atoms with Crippen molar-refractivity contribution in [1.29, 1.82) is 0 Å². The number of oxime groups is 1. The van der Waals surface area contributed by atoms with Crippen molar-refractivity contribution in [2.75, 3.05) is 0 Å². The molecule has 0 radical (unpaired) electrons. The van der Waals surface area contributed by atoms with Gasteiger partial charge < -0.3 is 16.3 Å². The van der Waals surface area contributed by atoms with Crippen LogP contribution in [0.1, 0.15) is 44.9 Å². The lowest BCUT2D eigenvalue weighted by Gasteiger charge is -2.18. The van der Waals surface area contributed by atoms with E-state index < -0.39 is 0 Å². The van der Waals surface area contributed by atoms with Crippen molar-refractivity contribution in [3.05, 3.63) is 0 Å². The summed E-state index contributed by atoms with van der Waals surface area (Å²) < 4.78 is 0. The van der Waals surface area contributed by atoms with Crippen LogP contribution in [0.2, 0.25) is 0 Å². The van der Waals surface area contributed by atoms with E-state index in [1.807, 2.05) is 0 Å². The third-order valence-electron chi connectivity index (χ3n) is 3.79. The first-order valence-electron chi connectivity index (χ1n) is 6.47. The second-order valence-corrected chi connectivity index (χ2v) is 5.26. The number of hydrogen-bond acceptors (Lipinski definition) is 3. The normalized spacial score (nSPS) is 23.6. The van der Waals surface area contributed by atoms with Crippen molar-refractivity contribution in [1.82, 2.24) is 5.32 Å². The van der Waals surface area contributed by atoms with Crippen LogP contribution in [0, 0.1) is 11.8 Å². The highest BCUT2D eigenvalue weighted by Gasteiger charge is 2.35. The third kappa shape index (κ3) is 3.35. The predicted molar refractivity (Wildman–Crippen MR) is 64.6 cm³/mol. The number of amidine groups is 1. The summed E-state index contributed by atoms with van der Waals surface area (Å²) >= 11 is 0. The van der Waals surface area contributed by atoms with Crippen molar-refractivity contribution < 1.29 is 10.0 Å². The molecule has 5 nitrogen and oxygen atoms in total. The first kappa shape index (κ1) is 12.2. The van der Waals surface area contributed by atoms with Crippen molar-refractivity contribution in [2.45, 2.75) is 51.0 Å². The van der Waals surface area contributed by atoms with Gasteiger partial charge in [-0.2, -0.15) is 0 Å². The Bertz CT molecular complexity index is 307. The summed E-state index contributed by atoms with van der Waals surface area (Å²) in [5.41, 5.74) is 5.60. The van der Waals surface area contributed by atoms with E-state index in [0.29, 0.717) is 18.3 Å². The number of amides is 1. The largest absolute Gasteiger partial charge is 0.409 e. The summed E-state index contributed by atoms with van der Waals surface area (Å²) in [5, 5.41) is 14.6. The topological polar surface area (TPSA) is 87.7 Å². The molecule has 0 saturated heterocycles. The average Bonchev–Trinajstić information content (AvgIpc) is 3.04. The molecule has 2 saturated carbocycles. The van der Waals surface area contributed by atoms with Crippen molar-refractivity contribution in [2.24, 2.45) is 22.7 Å². The zero-order valence-corrected chi connectivity index (χ0v) is 10.1. The molecule has 0 heterocycles. The Labute approximate surface area is 101 Å². The lowest BCUT2D eigenvalue weighted by Crippen LogP contribution is -2.46. The van der Waals surface area contributed by atoms with Crippen molar-refractivity contribution in [3.63, 3.8) is 0 Å².